The zero-order chi connectivity index (χ0) is 20.6. The zero-order valence-corrected chi connectivity index (χ0v) is 15.4. The molecule has 0 fully saturated rings. The van der Waals surface area contributed by atoms with Crippen LogP contribution < -0.4 is 5.73 Å². The first-order chi connectivity index (χ1) is 14.0. The lowest BCUT2D eigenvalue weighted by Gasteiger charge is -2.26. The summed E-state index contributed by atoms with van der Waals surface area (Å²) in [5, 5.41) is 0. The molecule has 1 amide bonds. The number of rotatable bonds is 4. The number of carbonyl (C=O) groups is 1. The molecule has 1 aliphatic rings. The number of benzene rings is 1. The highest BCUT2D eigenvalue weighted by atomic mass is 19.1. The van der Waals surface area contributed by atoms with Crippen LogP contribution in [-0.2, 0) is 17.0 Å². The maximum Gasteiger partial charge on any atom is 0.266 e. The summed E-state index contributed by atoms with van der Waals surface area (Å²) in [4.78, 5) is 31.0. The molecule has 7 nitrogen and oxygen atoms in total. The number of carbonyl (C=O) groups excluding carboxylic acids is 1. The smallest absolute Gasteiger partial charge is 0.266 e. The molecule has 3 aromatic rings. The molecule has 9 heteroatoms. The molecule has 4 rings (SSSR count). The number of hydrogen-bond donors (Lipinski definition) is 1. The predicted molar refractivity (Wildman–Crippen MR) is 102 cm³/mol. The van der Waals surface area contributed by atoms with Gasteiger partial charge in [-0.15, -0.1) is 0 Å². The highest BCUT2D eigenvalue weighted by molar-refractivity contribution is 6.09. The lowest BCUT2D eigenvalue weighted by molar-refractivity contribution is -0.129. The molecule has 0 saturated heterocycles. The highest BCUT2D eigenvalue weighted by Gasteiger charge is 2.50. The van der Waals surface area contributed by atoms with Gasteiger partial charge in [-0.3, -0.25) is 24.6 Å². The van der Waals surface area contributed by atoms with E-state index in [1.165, 1.54) is 67.2 Å². The number of hydrogen-bond acceptors (Lipinski definition) is 6. The topological polar surface area (TPSA) is 97.4 Å². The lowest BCUT2D eigenvalue weighted by atomic mass is 9.82. The average molecular weight is 394 g/mol. The van der Waals surface area contributed by atoms with E-state index in [1.807, 2.05) is 0 Å². The van der Waals surface area contributed by atoms with E-state index in [4.69, 9.17) is 5.73 Å². The van der Waals surface area contributed by atoms with Crippen LogP contribution in [0.5, 0.6) is 0 Å². The molecule has 1 aliphatic heterocycles. The van der Waals surface area contributed by atoms with E-state index in [0.717, 1.165) is 0 Å². The molecular formula is C20H16F2N6O. The van der Waals surface area contributed by atoms with Crippen molar-refractivity contribution >= 4 is 11.9 Å². The highest BCUT2D eigenvalue weighted by Crippen LogP contribution is 2.40. The first kappa shape index (κ1) is 18.6. The fourth-order valence-corrected chi connectivity index (χ4v) is 3.33. The Kier molecular flexibility index (Phi) is 4.50. The van der Waals surface area contributed by atoms with Gasteiger partial charge in [0, 0.05) is 48.5 Å². The van der Waals surface area contributed by atoms with E-state index in [-0.39, 0.29) is 17.1 Å². The number of nitrogens with zero attached hydrogens (tertiary/aromatic N) is 5. The van der Waals surface area contributed by atoms with E-state index in [1.54, 1.807) is 0 Å². The molecule has 1 unspecified atom stereocenters. The standard InChI is InChI=1S/C20H16F2N6O/c1-28-18(29)20(27-19(28)23,14-6-12(8-21)9-25-10-14)13-2-3-16(22)15(7-13)17-11-24-4-5-26-17/h2-7,9-11H,8H2,1H3,(H2,23,27). The van der Waals surface area contributed by atoms with Gasteiger partial charge in [-0.25, -0.2) is 13.8 Å². The number of guanidine groups is 1. The number of nitrogens with two attached hydrogens (primary N) is 1. The van der Waals surface area contributed by atoms with Gasteiger partial charge < -0.3 is 5.73 Å². The minimum Gasteiger partial charge on any atom is -0.369 e. The summed E-state index contributed by atoms with van der Waals surface area (Å²) in [6.45, 7) is -0.756. The van der Waals surface area contributed by atoms with Crippen LogP contribution in [-0.4, -0.2) is 38.8 Å². The monoisotopic (exact) mass is 394 g/mol. The number of aromatic nitrogens is 3. The third-order valence-corrected chi connectivity index (χ3v) is 4.83. The fraction of sp³-hybridized carbons (Fsp3) is 0.150. The molecule has 0 spiro atoms. The number of likely N-dealkylation sites (N-methyl/N-ethyl adjacent to an activating group) is 1. The molecule has 0 aliphatic carbocycles. The summed E-state index contributed by atoms with van der Waals surface area (Å²) < 4.78 is 27.8. The summed E-state index contributed by atoms with van der Waals surface area (Å²) in [5.74, 6) is -0.994. The molecule has 0 saturated carbocycles. The second-order valence-corrected chi connectivity index (χ2v) is 6.55. The van der Waals surface area contributed by atoms with Crippen molar-refractivity contribution < 1.29 is 13.6 Å². The number of pyridine rings is 1. The second kappa shape index (κ2) is 7.01. The van der Waals surface area contributed by atoms with Gasteiger partial charge in [-0.05, 0) is 23.8 Å². The van der Waals surface area contributed by atoms with E-state index in [2.05, 4.69) is 19.9 Å². The fourth-order valence-electron chi connectivity index (χ4n) is 3.33. The van der Waals surface area contributed by atoms with Crippen molar-refractivity contribution in [2.45, 2.75) is 12.2 Å². The van der Waals surface area contributed by atoms with Gasteiger partial charge in [0.1, 0.15) is 12.5 Å². The van der Waals surface area contributed by atoms with Gasteiger partial charge in [0.2, 0.25) is 0 Å². The van der Waals surface area contributed by atoms with Gasteiger partial charge in [0.25, 0.3) is 5.91 Å². The zero-order valence-electron chi connectivity index (χ0n) is 15.4. The van der Waals surface area contributed by atoms with Gasteiger partial charge >= 0.3 is 0 Å². The predicted octanol–water partition coefficient (Wildman–Crippen LogP) is 2.18. The van der Waals surface area contributed by atoms with Crippen LogP contribution in [0.1, 0.15) is 16.7 Å². The van der Waals surface area contributed by atoms with Crippen molar-refractivity contribution in [3.8, 4) is 11.3 Å². The van der Waals surface area contributed by atoms with E-state index in [0.29, 0.717) is 16.8 Å². The molecule has 29 heavy (non-hydrogen) atoms. The van der Waals surface area contributed by atoms with Gasteiger partial charge in [-0.2, -0.15) is 0 Å². The Balaban J connectivity index is 1.98. The normalized spacial score (nSPS) is 18.8. The minimum atomic E-state index is -1.61. The number of halogens is 2. The molecule has 2 N–H and O–H groups in total. The summed E-state index contributed by atoms with van der Waals surface area (Å²) in [6, 6.07) is 5.66. The van der Waals surface area contributed by atoms with E-state index >= 15 is 0 Å². The van der Waals surface area contributed by atoms with Crippen molar-refractivity contribution in [1.82, 2.24) is 19.9 Å². The van der Waals surface area contributed by atoms with Crippen LogP contribution >= 0.6 is 0 Å². The second-order valence-electron chi connectivity index (χ2n) is 6.55. The SMILES string of the molecule is CN1C(=O)C(c2cncc(CF)c2)(c2ccc(F)c(-c3cnccn3)c2)N=C1N. The van der Waals surface area contributed by atoms with E-state index in [9.17, 15) is 13.6 Å². The van der Waals surface area contributed by atoms with E-state index < -0.39 is 23.9 Å². The molecule has 0 bridgehead atoms. The van der Waals surface area contributed by atoms with Crippen LogP contribution in [0.2, 0.25) is 0 Å². The maximum atomic E-state index is 14.6. The lowest BCUT2D eigenvalue weighted by Crippen LogP contribution is -2.41. The van der Waals surface area contributed by atoms with Gasteiger partial charge in [-0.1, -0.05) is 6.07 Å². The Labute approximate surface area is 165 Å². The van der Waals surface area contributed by atoms with Crippen molar-refractivity contribution in [2.24, 2.45) is 10.7 Å². The molecule has 0 radical (unpaired) electrons. The van der Waals surface area contributed by atoms with Crippen molar-refractivity contribution in [1.29, 1.82) is 0 Å². The summed E-state index contributed by atoms with van der Waals surface area (Å²) in [7, 11) is 1.49. The van der Waals surface area contributed by atoms with Crippen molar-refractivity contribution in [3.05, 3.63) is 77.8 Å². The van der Waals surface area contributed by atoms with Crippen molar-refractivity contribution in [2.75, 3.05) is 7.05 Å². The first-order valence-electron chi connectivity index (χ1n) is 8.67. The Morgan fingerprint density at radius 3 is 2.59 bits per heavy atom. The molecule has 146 valence electrons. The molecular weight excluding hydrogens is 378 g/mol. The van der Waals surface area contributed by atoms with Gasteiger partial charge in [0.05, 0.1) is 11.9 Å². The minimum absolute atomic E-state index is 0.00831. The molecule has 2 aromatic heterocycles. The first-order valence-corrected chi connectivity index (χ1v) is 8.67. The Bertz CT molecular complexity index is 1120. The summed E-state index contributed by atoms with van der Waals surface area (Å²) in [6.07, 6.45) is 7.12. The Morgan fingerprint density at radius 2 is 1.93 bits per heavy atom. The molecule has 3 heterocycles. The maximum absolute atomic E-state index is 14.6. The third kappa shape index (κ3) is 2.91. The Morgan fingerprint density at radius 1 is 1.10 bits per heavy atom. The molecule has 1 aromatic carbocycles. The van der Waals surface area contributed by atoms with Crippen LogP contribution in [0, 0.1) is 5.82 Å². The molecule has 1 atom stereocenters. The van der Waals surface area contributed by atoms with Crippen LogP contribution in [0.15, 0.2) is 60.2 Å². The average Bonchev–Trinajstić information content (AvgIpc) is 2.99. The van der Waals surface area contributed by atoms with Crippen LogP contribution in [0.25, 0.3) is 11.3 Å². The number of alkyl halides is 1. The van der Waals surface area contributed by atoms with Crippen LogP contribution in [0.4, 0.5) is 8.78 Å². The number of amides is 1. The van der Waals surface area contributed by atoms with Gasteiger partial charge in [0.15, 0.2) is 11.5 Å². The Hall–Kier alpha value is -3.75. The van der Waals surface area contributed by atoms with Crippen LogP contribution in [0.3, 0.4) is 0 Å². The largest absolute Gasteiger partial charge is 0.369 e. The summed E-state index contributed by atoms with van der Waals surface area (Å²) >= 11 is 0. The summed E-state index contributed by atoms with van der Waals surface area (Å²) in [5.41, 5.74) is 5.75. The quantitative estimate of drug-likeness (QED) is 0.732. The number of aliphatic imine (C=N–C) groups is 1. The third-order valence-electron chi connectivity index (χ3n) is 4.83. The van der Waals surface area contributed by atoms with Crippen molar-refractivity contribution in [3.63, 3.8) is 0 Å².